The molecule has 1 heterocycles. The minimum Gasteiger partial charge on any atom is -0.316 e. The van der Waals surface area contributed by atoms with Crippen LogP contribution in [0.5, 0.6) is 0 Å². The van der Waals surface area contributed by atoms with Gasteiger partial charge >= 0.3 is 0 Å². The van der Waals surface area contributed by atoms with E-state index >= 15 is 0 Å². The van der Waals surface area contributed by atoms with Crippen molar-refractivity contribution in [3.63, 3.8) is 0 Å². The Balaban J connectivity index is 1.69. The fraction of sp³-hybridized carbons (Fsp3) is 1.00. The molecule has 2 aliphatic rings. The molecule has 2 rings (SSSR count). The second kappa shape index (κ2) is 7.24. The molecule has 1 aliphatic carbocycles. The molecule has 1 N–H and O–H groups in total. The van der Waals surface area contributed by atoms with Crippen molar-refractivity contribution in [2.45, 2.75) is 65.0 Å². The zero-order chi connectivity index (χ0) is 14.6. The lowest BCUT2D eigenvalue weighted by Crippen LogP contribution is -2.51. The predicted octanol–water partition coefficient (Wildman–Crippen LogP) is 2.57. The normalized spacial score (nSPS) is 25.2. The van der Waals surface area contributed by atoms with Gasteiger partial charge in [-0.05, 0) is 38.3 Å². The van der Waals surface area contributed by atoms with Gasteiger partial charge in [-0.25, -0.2) is 0 Å². The summed E-state index contributed by atoms with van der Waals surface area (Å²) >= 11 is 0. The van der Waals surface area contributed by atoms with E-state index in [2.05, 4.69) is 42.9 Å². The van der Waals surface area contributed by atoms with Gasteiger partial charge in [-0.2, -0.15) is 0 Å². The molecule has 1 unspecified atom stereocenters. The average Bonchev–Trinajstić information content (AvgIpc) is 2.92. The van der Waals surface area contributed by atoms with Crippen LogP contribution in [0.25, 0.3) is 0 Å². The molecule has 0 aromatic heterocycles. The Hall–Kier alpha value is -0.120. The molecule has 20 heavy (non-hydrogen) atoms. The second-order valence-electron chi connectivity index (χ2n) is 7.81. The highest BCUT2D eigenvalue weighted by Crippen LogP contribution is 2.25. The van der Waals surface area contributed by atoms with Gasteiger partial charge in [0.1, 0.15) is 0 Å². The standard InChI is InChI=1S/C17H35N3/c1-17(2,3)16(18-4)9-10-19-11-13-20(14-12-19)15-7-5-6-8-15/h15-16,18H,5-14H2,1-4H3. The number of nitrogens with one attached hydrogen (secondary N) is 1. The molecular weight excluding hydrogens is 246 g/mol. The van der Waals surface area contributed by atoms with E-state index in [0.717, 1.165) is 6.04 Å². The molecule has 0 aromatic carbocycles. The molecule has 1 saturated carbocycles. The van der Waals surface area contributed by atoms with Gasteiger partial charge in [0.15, 0.2) is 0 Å². The molecule has 3 heteroatoms. The summed E-state index contributed by atoms with van der Waals surface area (Å²) in [4.78, 5) is 5.42. The van der Waals surface area contributed by atoms with Crippen LogP contribution in [-0.2, 0) is 0 Å². The molecule has 0 bridgehead atoms. The van der Waals surface area contributed by atoms with Gasteiger partial charge in [-0.3, -0.25) is 4.90 Å². The van der Waals surface area contributed by atoms with Gasteiger partial charge in [0.05, 0.1) is 0 Å². The summed E-state index contributed by atoms with van der Waals surface area (Å²) in [5.74, 6) is 0. The Kier molecular flexibility index (Phi) is 5.88. The first kappa shape index (κ1) is 16.3. The Bertz CT molecular complexity index is 270. The van der Waals surface area contributed by atoms with Crippen LogP contribution in [-0.4, -0.2) is 61.7 Å². The third-order valence-electron chi connectivity index (χ3n) is 5.38. The van der Waals surface area contributed by atoms with Crippen LogP contribution in [0.2, 0.25) is 0 Å². The minimum absolute atomic E-state index is 0.362. The van der Waals surface area contributed by atoms with Crippen molar-refractivity contribution >= 4 is 0 Å². The third kappa shape index (κ3) is 4.44. The largest absolute Gasteiger partial charge is 0.316 e. The zero-order valence-electron chi connectivity index (χ0n) is 14.1. The molecule has 1 atom stereocenters. The van der Waals surface area contributed by atoms with E-state index in [0.29, 0.717) is 11.5 Å². The summed E-state index contributed by atoms with van der Waals surface area (Å²) in [5, 5.41) is 3.50. The molecule has 0 aromatic rings. The van der Waals surface area contributed by atoms with E-state index in [9.17, 15) is 0 Å². The molecule has 2 fully saturated rings. The summed E-state index contributed by atoms with van der Waals surface area (Å²) in [7, 11) is 2.11. The molecule has 118 valence electrons. The number of hydrogen-bond acceptors (Lipinski definition) is 3. The van der Waals surface area contributed by atoms with Crippen LogP contribution in [0.4, 0.5) is 0 Å². The van der Waals surface area contributed by atoms with Crippen LogP contribution < -0.4 is 5.32 Å². The Morgan fingerprint density at radius 2 is 1.65 bits per heavy atom. The van der Waals surface area contributed by atoms with E-state index in [1.165, 1.54) is 64.8 Å². The van der Waals surface area contributed by atoms with Crippen molar-refractivity contribution in [2.24, 2.45) is 5.41 Å². The smallest absolute Gasteiger partial charge is 0.0125 e. The van der Waals surface area contributed by atoms with Crippen LogP contribution in [0.15, 0.2) is 0 Å². The highest BCUT2D eigenvalue weighted by Gasteiger charge is 2.27. The molecule has 0 amide bonds. The topological polar surface area (TPSA) is 18.5 Å². The van der Waals surface area contributed by atoms with Gasteiger partial charge in [0.2, 0.25) is 0 Å². The van der Waals surface area contributed by atoms with Crippen LogP contribution in [0.3, 0.4) is 0 Å². The third-order valence-corrected chi connectivity index (χ3v) is 5.38. The van der Waals surface area contributed by atoms with Crippen LogP contribution in [0.1, 0.15) is 52.9 Å². The van der Waals surface area contributed by atoms with E-state index in [4.69, 9.17) is 0 Å². The van der Waals surface area contributed by atoms with Gasteiger partial charge in [-0.15, -0.1) is 0 Å². The molecule has 1 saturated heterocycles. The van der Waals surface area contributed by atoms with Crippen LogP contribution >= 0.6 is 0 Å². The van der Waals surface area contributed by atoms with Crippen LogP contribution in [0, 0.1) is 5.41 Å². The molecule has 0 spiro atoms. The molecular formula is C17H35N3. The summed E-state index contributed by atoms with van der Waals surface area (Å²) in [5.41, 5.74) is 0.362. The van der Waals surface area contributed by atoms with Crippen molar-refractivity contribution in [2.75, 3.05) is 39.8 Å². The summed E-state index contributed by atoms with van der Waals surface area (Å²) in [6.07, 6.45) is 7.09. The summed E-state index contributed by atoms with van der Waals surface area (Å²) in [6.45, 7) is 13.4. The quantitative estimate of drug-likeness (QED) is 0.835. The molecule has 1 aliphatic heterocycles. The molecule has 0 radical (unpaired) electrons. The summed E-state index contributed by atoms with van der Waals surface area (Å²) < 4.78 is 0. The lowest BCUT2D eigenvalue weighted by atomic mass is 9.85. The van der Waals surface area contributed by atoms with Crippen molar-refractivity contribution < 1.29 is 0 Å². The van der Waals surface area contributed by atoms with Crippen molar-refractivity contribution in [3.05, 3.63) is 0 Å². The van der Waals surface area contributed by atoms with Gasteiger partial charge in [-0.1, -0.05) is 33.6 Å². The first-order valence-corrected chi connectivity index (χ1v) is 8.64. The zero-order valence-corrected chi connectivity index (χ0v) is 14.1. The van der Waals surface area contributed by atoms with E-state index in [1.807, 2.05) is 0 Å². The SMILES string of the molecule is CNC(CCN1CCN(C2CCCC2)CC1)C(C)(C)C. The average molecular weight is 281 g/mol. The Labute approximate surface area is 126 Å². The first-order chi connectivity index (χ1) is 9.50. The fourth-order valence-electron chi connectivity index (χ4n) is 3.94. The predicted molar refractivity (Wildman–Crippen MR) is 87.2 cm³/mol. The van der Waals surface area contributed by atoms with Crippen molar-refractivity contribution in [3.8, 4) is 0 Å². The van der Waals surface area contributed by atoms with Crippen molar-refractivity contribution in [1.82, 2.24) is 15.1 Å². The number of piperazine rings is 1. The Morgan fingerprint density at radius 1 is 1.05 bits per heavy atom. The molecule has 3 nitrogen and oxygen atoms in total. The highest BCUT2D eigenvalue weighted by molar-refractivity contribution is 4.84. The maximum absolute atomic E-state index is 3.50. The lowest BCUT2D eigenvalue weighted by molar-refractivity contribution is 0.0914. The maximum Gasteiger partial charge on any atom is 0.0125 e. The maximum atomic E-state index is 3.50. The van der Waals surface area contributed by atoms with E-state index in [-0.39, 0.29) is 0 Å². The lowest BCUT2D eigenvalue weighted by Gasteiger charge is -2.39. The number of nitrogens with zero attached hydrogens (tertiary/aromatic N) is 2. The first-order valence-electron chi connectivity index (χ1n) is 8.64. The minimum atomic E-state index is 0.362. The second-order valence-corrected chi connectivity index (χ2v) is 7.81. The monoisotopic (exact) mass is 281 g/mol. The van der Waals surface area contributed by atoms with Gasteiger partial charge in [0, 0.05) is 38.3 Å². The Morgan fingerprint density at radius 3 is 2.15 bits per heavy atom. The van der Waals surface area contributed by atoms with Gasteiger partial charge in [0.25, 0.3) is 0 Å². The fourth-order valence-corrected chi connectivity index (χ4v) is 3.94. The van der Waals surface area contributed by atoms with E-state index < -0.39 is 0 Å². The van der Waals surface area contributed by atoms with E-state index in [1.54, 1.807) is 0 Å². The van der Waals surface area contributed by atoms with Gasteiger partial charge < -0.3 is 10.2 Å². The summed E-state index contributed by atoms with van der Waals surface area (Å²) in [6, 6.07) is 1.53. The van der Waals surface area contributed by atoms with Crippen molar-refractivity contribution in [1.29, 1.82) is 0 Å². The highest BCUT2D eigenvalue weighted by atomic mass is 15.3. The number of rotatable bonds is 5. The number of hydrogen-bond donors (Lipinski definition) is 1.